The van der Waals surface area contributed by atoms with Gasteiger partial charge in [-0.2, -0.15) is 0 Å². The van der Waals surface area contributed by atoms with Crippen LogP contribution in [-0.4, -0.2) is 27.2 Å². The Morgan fingerprint density at radius 1 is 1.17 bits per heavy atom. The first kappa shape index (κ1) is 18.7. The Morgan fingerprint density at radius 2 is 1.83 bits per heavy atom. The summed E-state index contributed by atoms with van der Waals surface area (Å²) in [7, 11) is -2.05. The van der Waals surface area contributed by atoms with E-state index in [1.807, 2.05) is 13.0 Å². The summed E-state index contributed by atoms with van der Waals surface area (Å²) in [5.41, 5.74) is 2.04. The molecule has 0 aliphatic heterocycles. The summed E-state index contributed by atoms with van der Waals surface area (Å²) >= 11 is 2.13. The van der Waals surface area contributed by atoms with Crippen LogP contribution in [0, 0.1) is 10.5 Å². The second-order valence-electron chi connectivity index (χ2n) is 5.16. The highest BCUT2D eigenvalue weighted by Crippen LogP contribution is 2.21. The summed E-state index contributed by atoms with van der Waals surface area (Å²) in [6.45, 7) is 1.81. The van der Waals surface area contributed by atoms with Crippen LogP contribution in [0.15, 0.2) is 53.4 Å². The number of benzene rings is 2. The van der Waals surface area contributed by atoms with Crippen LogP contribution < -0.4 is 0 Å². The molecule has 0 bridgehead atoms. The molecule has 0 saturated carbocycles. The van der Waals surface area contributed by atoms with Gasteiger partial charge in [-0.05, 0) is 64.9 Å². The fourth-order valence-electron chi connectivity index (χ4n) is 2.17. The van der Waals surface area contributed by atoms with Crippen LogP contribution in [0.25, 0.3) is 6.08 Å². The maximum absolute atomic E-state index is 12.5. The van der Waals surface area contributed by atoms with Crippen molar-refractivity contribution in [1.82, 2.24) is 0 Å². The van der Waals surface area contributed by atoms with Gasteiger partial charge in [0.15, 0.2) is 9.84 Å². The van der Waals surface area contributed by atoms with E-state index in [4.69, 9.17) is 0 Å². The number of sulfone groups is 1. The predicted octanol–water partition coefficient (Wildman–Crippen LogP) is 3.87. The van der Waals surface area contributed by atoms with Crippen molar-refractivity contribution < 1.29 is 17.9 Å². The van der Waals surface area contributed by atoms with Crippen molar-refractivity contribution in [2.24, 2.45) is 0 Å². The van der Waals surface area contributed by atoms with Crippen LogP contribution in [0.4, 0.5) is 0 Å². The molecule has 2 rings (SSSR count). The number of hydrogen-bond acceptors (Lipinski definition) is 4. The highest BCUT2D eigenvalue weighted by atomic mass is 127. The third-order valence-corrected chi connectivity index (χ3v) is 6.42. The molecule has 0 aliphatic rings. The van der Waals surface area contributed by atoms with Gasteiger partial charge in [0, 0.05) is 3.57 Å². The average Bonchev–Trinajstić information content (AvgIpc) is 2.57. The lowest BCUT2D eigenvalue weighted by Crippen LogP contribution is -2.07. The molecule has 0 fully saturated rings. The van der Waals surface area contributed by atoms with Gasteiger partial charge < -0.3 is 4.74 Å². The summed E-state index contributed by atoms with van der Waals surface area (Å²) in [5.74, 6) is -0.477. The summed E-state index contributed by atoms with van der Waals surface area (Å²) in [6.07, 6.45) is 3.34. The normalized spacial score (nSPS) is 11.6. The second kappa shape index (κ2) is 7.94. The number of rotatable bonds is 5. The Morgan fingerprint density at radius 3 is 2.46 bits per heavy atom. The van der Waals surface area contributed by atoms with Gasteiger partial charge in [0.2, 0.25) is 0 Å². The average molecular weight is 456 g/mol. The monoisotopic (exact) mass is 456 g/mol. The molecule has 0 spiro atoms. The first-order valence-corrected chi connectivity index (χ1v) is 9.91. The quantitative estimate of drug-likeness (QED) is 0.507. The third kappa shape index (κ3) is 4.45. The molecule has 0 unspecified atom stereocenters. The second-order valence-corrected chi connectivity index (χ2v) is 8.33. The number of carbonyl (C=O) groups is 1. The Hall–Kier alpha value is -1.67. The lowest BCUT2D eigenvalue weighted by molar-refractivity contribution is 0.0600. The lowest BCUT2D eigenvalue weighted by Gasteiger charge is -2.07. The minimum atomic E-state index is -3.37. The molecule has 2 aromatic rings. The van der Waals surface area contributed by atoms with Gasteiger partial charge >= 0.3 is 5.97 Å². The zero-order valence-corrected chi connectivity index (χ0v) is 16.3. The van der Waals surface area contributed by atoms with E-state index in [1.54, 1.807) is 48.6 Å². The first-order chi connectivity index (χ1) is 11.3. The zero-order valence-electron chi connectivity index (χ0n) is 13.3. The molecule has 0 aliphatic carbocycles. The van der Waals surface area contributed by atoms with Crippen molar-refractivity contribution in [2.45, 2.75) is 11.8 Å². The molecule has 0 N–H and O–H groups in total. The number of halogens is 1. The van der Waals surface area contributed by atoms with E-state index in [-0.39, 0.29) is 5.75 Å². The summed E-state index contributed by atoms with van der Waals surface area (Å²) in [4.78, 5) is 11.7. The smallest absolute Gasteiger partial charge is 0.337 e. The van der Waals surface area contributed by atoms with Crippen LogP contribution in [0.1, 0.15) is 21.5 Å². The minimum absolute atomic E-state index is 0.0767. The van der Waals surface area contributed by atoms with Crippen molar-refractivity contribution in [3.8, 4) is 0 Å². The summed E-state index contributed by atoms with van der Waals surface area (Å²) in [6, 6.07) is 12.0. The van der Waals surface area contributed by atoms with E-state index < -0.39 is 15.8 Å². The largest absolute Gasteiger partial charge is 0.465 e. The first-order valence-electron chi connectivity index (χ1n) is 7.18. The Balaban J connectivity index is 2.13. The molecule has 126 valence electrons. The molecule has 2 aromatic carbocycles. The van der Waals surface area contributed by atoms with Crippen LogP contribution in [0.5, 0.6) is 0 Å². The fraction of sp³-hybridized carbons (Fsp3) is 0.167. The van der Waals surface area contributed by atoms with E-state index in [1.165, 1.54) is 7.11 Å². The van der Waals surface area contributed by atoms with Gasteiger partial charge in [0.05, 0.1) is 23.3 Å². The van der Waals surface area contributed by atoms with E-state index in [0.717, 1.165) is 14.7 Å². The van der Waals surface area contributed by atoms with E-state index in [0.29, 0.717) is 10.5 Å². The number of methoxy groups -OCH3 is 1. The number of carbonyl (C=O) groups excluding carboxylic acids is 1. The van der Waals surface area contributed by atoms with Crippen molar-refractivity contribution in [3.05, 3.63) is 68.8 Å². The van der Waals surface area contributed by atoms with Crippen LogP contribution >= 0.6 is 22.6 Å². The molecule has 0 saturated heterocycles. The molecule has 0 aromatic heterocycles. The van der Waals surface area contributed by atoms with Crippen LogP contribution in [0.3, 0.4) is 0 Å². The number of ether oxygens (including phenoxy) is 1. The van der Waals surface area contributed by atoms with E-state index in [2.05, 4.69) is 27.3 Å². The van der Waals surface area contributed by atoms with Crippen molar-refractivity contribution >= 4 is 44.5 Å². The minimum Gasteiger partial charge on any atom is -0.465 e. The molecule has 0 heterocycles. The van der Waals surface area contributed by atoms with Gasteiger partial charge in [0.25, 0.3) is 0 Å². The standard InChI is InChI=1S/C18H17IO4S/c1-13-16(19)6-3-7-17(13)24(21,22)12-4-5-14-8-10-15(11-9-14)18(20)23-2/h3-11H,12H2,1-2H3/b5-4+. The fourth-order valence-corrected chi connectivity index (χ4v) is 4.25. The summed E-state index contributed by atoms with van der Waals surface area (Å²) < 4.78 is 30.5. The lowest BCUT2D eigenvalue weighted by atomic mass is 10.1. The van der Waals surface area contributed by atoms with E-state index >= 15 is 0 Å². The maximum Gasteiger partial charge on any atom is 0.337 e. The molecule has 24 heavy (non-hydrogen) atoms. The summed E-state index contributed by atoms with van der Waals surface area (Å²) in [5, 5.41) is 0. The maximum atomic E-state index is 12.5. The van der Waals surface area contributed by atoms with Gasteiger partial charge in [-0.3, -0.25) is 0 Å². The molecule has 0 atom stereocenters. The topological polar surface area (TPSA) is 60.4 Å². The Bertz CT molecular complexity index is 868. The Kier molecular flexibility index (Phi) is 6.17. The molecule has 4 nitrogen and oxygen atoms in total. The van der Waals surface area contributed by atoms with Crippen LogP contribution in [-0.2, 0) is 14.6 Å². The van der Waals surface area contributed by atoms with Crippen molar-refractivity contribution in [1.29, 1.82) is 0 Å². The van der Waals surface area contributed by atoms with Gasteiger partial charge in [-0.25, -0.2) is 13.2 Å². The predicted molar refractivity (Wildman–Crippen MR) is 103 cm³/mol. The van der Waals surface area contributed by atoms with Crippen molar-refractivity contribution in [2.75, 3.05) is 12.9 Å². The third-order valence-electron chi connectivity index (χ3n) is 3.51. The molecule has 6 heteroatoms. The molecular formula is C18H17IO4S. The Labute approximate surface area is 155 Å². The number of hydrogen-bond donors (Lipinski definition) is 0. The van der Waals surface area contributed by atoms with Gasteiger partial charge in [-0.15, -0.1) is 0 Å². The van der Waals surface area contributed by atoms with Crippen LogP contribution in [0.2, 0.25) is 0 Å². The zero-order chi connectivity index (χ0) is 17.7. The van der Waals surface area contributed by atoms with Crippen molar-refractivity contribution in [3.63, 3.8) is 0 Å². The SMILES string of the molecule is COC(=O)c1ccc(/C=C/CS(=O)(=O)c2cccc(I)c2C)cc1. The highest BCUT2D eigenvalue weighted by Gasteiger charge is 2.16. The van der Waals surface area contributed by atoms with Gasteiger partial charge in [0.1, 0.15) is 0 Å². The van der Waals surface area contributed by atoms with E-state index in [9.17, 15) is 13.2 Å². The molecular weight excluding hydrogens is 439 g/mol. The molecule has 0 radical (unpaired) electrons. The van der Waals surface area contributed by atoms with Gasteiger partial charge in [-0.1, -0.05) is 30.4 Å². The molecule has 0 amide bonds. The number of esters is 1. The highest BCUT2D eigenvalue weighted by molar-refractivity contribution is 14.1.